The molecule has 0 saturated heterocycles. The van der Waals surface area contributed by atoms with Crippen molar-refractivity contribution in [3.8, 4) is 5.75 Å². The van der Waals surface area contributed by atoms with Gasteiger partial charge in [-0.15, -0.1) is 0 Å². The van der Waals surface area contributed by atoms with Gasteiger partial charge in [-0.2, -0.15) is 0 Å². The number of carbonyl (C=O) groups excluding carboxylic acids is 2. The second-order valence-corrected chi connectivity index (χ2v) is 7.58. The van der Waals surface area contributed by atoms with E-state index >= 15 is 0 Å². The van der Waals surface area contributed by atoms with Crippen LogP contribution in [0.2, 0.25) is 10.0 Å². The maximum absolute atomic E-state index is 13.1. The number of benzene rings is 2. The smallest absolute Gasteiger partial charge is 0.242 e. The van der Waals surface area contributed by atoms with Gasteiger partial charge in [0.25, 0.3) is 0 Å². The molecule has 0 heterocycles. The summed E-state index contributed by atoms with van der Waals surface area (Å²) < 4.78 is 5.18. The van der Waals surface area contributed by atoms with Gasteiger partial charge in [0.15, 0.2) is 0 Å². The van der Waals surface area contributed by atoms with Crippen LogP contribution in [-0.2, 0) is 22.6 Å². The maximum atomic E-state index is 13.1. The standard InChI is InChI=1S/C22H26Cl2N2O3/c1-4-11-25-22(28)15(2)26(14-16-5-8-18(29-3)9-6-16)21(27)13-17-7-10-19(23)20(24)12-17/h5-10,12,15H,4,11,13-14H2,1-3H3,(H,25,28). The molecule has 2 amide bonds. The summed E-state index contributed by atoms with van der Waals surface area (Å²) in [6, 6.07) is 11.9. The fourth-order valence-corrected chi connectivity index (χ4v) is 3.15. The van der Waals surface area contributed by atoms with E-state index in [1.807, 2.05) is 31.2 Å². The second kappa shape index (κ2) is 11.1. The van der Waals surface area contributed by atoms with Crippen LogP contribution in [0.15, 0.2) is 42.5 Å². The third-order valence-electron chi connectivity index (χ3n) is 4.57. The lowest BCUT2D eigenvalue weighted by Crippen LogP contribution is -2.48. The van der Waals surface area contributed by atoms with Gasteiger partial charge in [-0.1, -0.05) is 48.3 Å². The molecule has 2 rings (SSSR count). The SMILES string of the molecule is CCCNC(=O)C(C)N(Cc1ccc(OC)cc1)C(=O)Cc1ccc(Cl)c(Cl)c1. The quantitative estimate of drug-likeness (QED) is 0.629. The number of hydrogen-bond acceptors (Lipinski definition) is 3. The van der Waals surface area contributed by atoms with Crippen molar-refractivity contribution in [1.82, 2.24) is 10.2 Å². The lowest BCUT2D eigenvalue weighted by atomic mass is 10.1. The minimum absolute atomic E-state index is 0.123. The normalized spacial score (nSPS) is 11.6. The average Bonchev–Trinajstić information content (AvgIpc) is 2.72. The molecule has 156 valence electrons. The van der Waals surface area contributed by atoms with Gasteiger partial charge in [0.1, 0.15) is 11.8 Å². The van der Waals surface area contributed by atoms with Crippen molar-refractivity contribution in [1.29, 1.82) is 0 Å². The third-order valence-corrected chi connectivity index (χ3v) is 5.31. The number of amides is 2. The van der Waals surface area contributed by atoms with Crippen LogP contribution in [0, 0.1) is 0 Å². The molecule has 0 aromatic heterocycles. The zero-order chi connectivity index (χ0) is 21.4. The highest BCUT2D eigenvalue weighted by Crippen LogP contribution is 2.23. The van der Waals surface area contributed by atoms with Crippen molar-refractivity contribution >= 4 is 35.0 Å². The van der Waals surface area contributed by atoms with Gasteiger partial charge in [-0.25, -0.2) is 0 Å². The number of nitrogens with zero attached hydrogens (tertiary/aromatic N) is 1. The Labute approximate surface area is 181 Å². The minimum Gasteiger partial charge on any atom is -0.497 e. The molecule has 0 spiro atoms. The number of halogens is 2. The summed E-state index contributed by atoms with van der Waals surface area (Å²) in [6.07, 6.45) is 0.951. The molecular weight excluding hydrogens is 411 g/mol. The lowest BCUT2D eigenvalue weighted by Gasteiger charge is -2.29. The Bertz CT molecular complexity index is 840. The Hall–Kier alpha value is -2.24. The number of ether oxygens (including phenoxy) is 1. The van der Waals surface area contributed by atoms with E-state index in [0.717, 1.165) is 23.3 Å². The molecular formula is C22H26Cl2N2O3. The molecule has 1 atom stereocenters. The fraction of sp³-hybridized carbons (Fsp3) is 0.364. The topological polar surface area (TPSA) is 58.6 Å². The molecule has 29 heavy (non-hydrogen) atoms. The largest absolute Gasteiger partial charge is 0.497 e. The van der Waals surface area contributed by atoms with Crippen LogP contribution in [0.1, 0.15) is 31.4 Å². The molecule has 0 aliphatic rings. The lowest BCUT2D eigenvalue weighted by molar-refractivity contribution is -0.140. The van der Waals surface area contributed by atoms with Crippen LogP contribution in [-0.4, -0.2) is 36.4 Å². The first-order chi connectivity index (χ1) is 13.8. The van der Waals surface area contributed by atoms with Gasteiger partial charge in [0, 0.05) is 13.1 Å². The Morgan fingerprint density at radius 3 is 2.31 bits per heavy atom. The fourth-order valence-electron chi connectivity index (χ4n) is 2.83. The molecule has 0 aliphatic heterocycles. The van der Waals surface area contributed by atoms with Crippen LogP contribution in [0.5, 0.6) is 5.75 Å². The van der Waals surface area contributed by atoms with E-state index in [1.165, 1.54) is 0 Å². The summed E-state index contributed by atoms with van der Waals surface area (Å²) in [6.45, 7) is 4.60. The average molecular weight is 437 g/mol. The monoisotopic (exact) mass is 436 g/mol. The Morgan fingerprint density at radius 2 is 1.72 bits per heavy atom. The Balaban J connectivity index is 2.22. The number of hydrogen-bond donors (Lipinski definition) is 1. The summed E-state index contributed by atoms with van der Waals surface area (Å²) in [5.74, 6) is 0.386. The number of rotatable bonds is 9. The minimum atomic E-state index is -0.612. The molecule has 7 heteroatoms. The van der Waals surface area contributed by atoms with Crippen molar-refractivity contribution < 1.29 is 14.3 Å². The van der Waals surface area contributed by atoms with Gasteiger partial charge >= 0.3 is 0 Å². The molecule has 5 nitrogen and oxygen atoms in total. The van der Waals surface area contributed by atoms with Crippen molar-refractivity contribution in [2.45, 2.75) is 39.3 Å². The number of carbonyl (C=O) groups is 2. The van der Waals surface area contributed by atoms with Gasteiger partial charge in [-0.05, 0) is 48.7 Å². The Morgan fingerprint density at radius 1 is 1.07 bits per heavy atom. The van der Waals surface area contributed by atoms with E-state index in [2.05, 4.69) is 5.32 Å². The maximum Gasteiger partial charge on any atom is 0.242 e. The highest BCUT2D eigenvalue weighted by atomic mass is 35.5. The zero-order valence-corrected chi connectivity index (χ0v) is 18.4. The highest BCUT2D eigenvalue weighted by Gasteiger charge is 2.26. The summed E-state index contributed by atoms with van der Waals surface area (Å²) in [4.78, 5) is 27.2. The molecule has 0 saturated carbocycles. The molecule has 0 radical (unpaired) electrons. The van der Waals surface area contributed by atoms with Crippen LogP contribution in [0.25, 0.3) is 0 Å². The Kier molecular flexibility index (Phi) is 8.80. The van der Waals surface area contributed by atoms with Gasteiger partial charge in [-0.3, -0.25) is 9.59 Å². The molecule has 0 aliphatic carbocycles. The molecule has 2 aromatic rings. The van der Waals surface area contributed by atoms with E-state index in [0.29, 0.717) is 23.1 Å². The number of nitrogens with one attached hydrogen (secondary N) is 1. The molecule has 0 fully saturated rings. The van der Waals surface area contributed by atoms with E-state index < -0.39 is 6.04 Å². The first-order valence-corrected chi connectivity index (χ1v) is 10.2. The van der Waals surface area contributed by atoms with Crippen LogP contribution < -0.4 is 10.1 Å². The van der Waals surface area contributed by atoms with Crippen molar-refractivity contribution in [3.05, 3.63) is 63.6 Å². The third kappa shape index (κ3) is 6.65. The van der Waals surface area contributed by atoms with Crippen LogP contribution in [0.3, 0.4) is 0 Å². The van der Waals surface area contributed by atoms with Crippen LogP contribution >= 0.6 is 23.2 Å². The summed E-state index contributed by atoms with van der Waals surface area (Å²) >= 11 is 12.0. The van der Waals surface area contributed by atoms with E-state index in [1.54, 1.807) is 37.1 Å². The zero-order valence-electron chi connectivity index (χ0n) is 16.9. The van der Waals surface area contributed by atoms with Crippen LogP contribution in [0.4, 0.5) is 0 Å². The van der Waals surface area contributed by atoms with Crippen molar-refractivity contribution in [2.24, 2.45) is 0 Å². The molecule has 1 unspecified atom stereocenters. The van der Waals surface area contributed by atoms with Gasteiger partial charge in [0.2, 0.25) is 11.8 Å². The van der Waals surface area contributed by atoms with E-state index in [4.69, 9.17) is 27.9 Å². The summed E-state index contributed by atoms with van der Waals surface area (Å²) in [5.41, 5.74) is 1.65. The molecule has 0 bridgehead atoms. The van der Waals surface area contributed by atoms with Gasteiger partial charge < -0.3 is 15.0 Å². The van der Waals surface area contributed by atoms with E-state index in [9.17, 15) is 9.59 Å². The van der Waals surface area contributed by atoms with Gasteiger partial charge in [0.05, 0.1) is 23.6 Å². The first kappa shape index (κ1) is 23.0. The van der Waals surface area contributed by atoms with Crippen molar-refractivity contribution in [2.75, 3.05) is 13.7 Å². The van der Waals surface area contributed by atoms with E-state index in [-0.39, 0.29) is 18.2 Å². The first-order valence-electron chi connectivity index (χ1n) is 9.49. The summed E-state index contributed by atoms with van der Waals surface area (Å²) in [5, 5.41) is 3.69. The molecule has 2 aromatic carbocycles. The molecule has 1 N–H and O–H groups in total. The highest BCUT2D eigenvalue weighted by molar-refractivity contribution is 6.42. The predicted molar refractivity (Wildman–Crippen MR) is 116 cm³/mol. The second-order valence-electron chi connectivity index (χ2n) is 6.76. The summed E-state index contributed by atoms with van der Waals surface area (Å²) in [7, 11) is 1.60. The van der Waals surface area contributed by atoms with Crippen molar-refractivity contribution in [3.63, 3.8) is 0 Å². The predicted octanol–water partition coefficient (Wildman–Crippen LogP) is 4.49. The number of methoxy groups -OCH3 is 1.